The lowest BCUT2D eigenvalue weighted by atomic mass is 10.1. The maximum Gasteiger partial charge on any atom is 0.257 e. The van der Waals surface area contributed by atoms with Gasteiger partial charge in [-0.15, -0.1) is 0 Å². The summed E-state index contributed by atoms with van der Waals surface area (Å²) < 4.78 is 26.0. The lowest BCUT2D eigenvalue weighted by Gasteiger charge is -2.41. The minimum Gasteiger partial charge on any atom is -0.497 e. The highest BCUT2D eigenvalue weighted by molar-refractivity contribution is 6.04. The Morgan fingerprint density at radius 3 is 2.68 bits per heavy atom. The first-order chi connectivity index (χ1) is 16.4. The van der Waals surface area contributed by atoms with E-state index in [1.807, 2.05) is 50.2 Å². The summed E-state index contributed by atoms with van der Waals surface area (Å²) in [5.41, 5.74) is 2.76. The first kappa shape index (κ1) is 21.9. The number of hydrogen-bond donors (Lipinski definition) is 0. The predicted octanol–water partition coefficient (Wildman–Crippen LogP) is 5.17. The number of aliphatic imine (C=N–C) groups is 1. The molecule has 0 N–H and O–H groups in total. The summed E-state index contributed by atoms with van der Waals surface area (Å²) in [6, 6.07) is 17.6. The second-order valence-electron chi connectivity index (χ2n) is 8.64. The molecule has 3 aromatic carbocycles. The van der Waals surface area contributed by atoms with E-state index in [0.29, 0.717) is 36.9 Å². The molecular formula is C27H26FN3O3. The third-order valence-corrected chi connectivity index (χ3v) is 6.28. The van der Waals surface area contributed by atoms with Crippen LogP contribution in [-0.4, -0.2) is 54.3 Å². The van der Waals surface area contributed by atoms with E-state index in [-0.39, 0.29) is 17.5 Å². The van der Waals surface area contributed by atoms with Crippen LogP contribution in [0, 0.1) is 12.7 Å². The lowest BCUT2D eigenvalue weighted by Crippen LogP contribution is -2.55. The average molecular weight is 460 g/mol. The van der Waals surface area contributed by atoms with Gasteiger partial charge in [-0.05, 0) is 61.9 Å². The van der Waals surface area contributed by atoms with Crippen LogP contribution in [-0.2, 0) is 0 Å². The number of ether oxygens (including phenoxy) is 2. The van der Waals surface area contributed by atoms with E-state index in [4.69, 9.17) is 14.5 Å². The van der Waals surface area contributed by atoms with E-state index in [0.717, 1.165) is 22.6 Å². The van der Waals surface area contributed by atoms with Gasteiger partial charge in [-0.2, -0.15) is 0 Å². The fraction of sp³-hybridized carbons (Fsp3) is 0.259. The molecule has 0 radical (unpaired) electrons. The Balaban J connectivity index is 1.49. The highest BCUT2D eigenvalue weighted by Gasteiger charge is 2.33. The summed E-state index contributed by atoms with van der Waals surface area (Å²) >= 11 is 0. The molecule has 6 nitrogen and oxygen atoms in total. The van der Waals surface area contributed by atoms with Gasteiger partial charge in [-0.3, -0.25) is 4.79 Å². The topological polar surface area (TPSA) is 54.4 Å². The largest absolute Gasteiger partial charge is 0.497 e. The maximum absolute atomic E-state index is 14.2. The summed E-state index contributed by atoms with van der Waals surface area (Å²) in [6.07, 6.45) is 0. The Labute approximate surface area is 198 Å². The molecule has 34 heavy (non-hydrogen) atoms. The third-order valence-electron chi connectivity index (χ3n) is 6.28. The number of rotatable bonds is 2. The molecule has 0 saturated carbocycles. The molecule has 0 aliphatic carbocycles. The minimum atomic E-state index is -0.500. The van der Waals surface area contributed by atoms with Crippen molar-refractivity contribution in [3.8, 4) is 17.2 Å². The Kier molecular flexibility index (Phi) is 5.69. The zero-order valence-corrected chi connectivity index (χ0v) is 19.4. The number of hydrogen-bond acceptors (Lipinski definition) is 5. The predicted molar refractivity (Wildman–Crippen MR) is 129 cm³/mol. The van der Waals surface area contributed by atoms with Gasteiger partial charge in [0.1, 0.15) is 28.8 Å². The third kappa shape index (κ3) is 3.98. The number of fused-ring (bicyclic) bond motifs is 2. The molecule has 1 atom stereocenters. The molecule has 0 bridgehead atoms. The standard InChI is InChI=1S/C27H26FN3O3/c1-17-8-10-23-25(14-17)34-24-11-9-19(33-3)15-21(24)26(29-23)30-12-13-31(18(2)16-30)27(32)20-6-4-5-7-22(20)28/h4-11,14-15,18H,12-13,16H2,1-3H3/t18-/m1/s1. The van der Waals surface area contributed by atoms with Crippen LogP contribution in [0.15, 0.2) is 65.7 Å². The second-order valence-corrected chi connectivity index (χ2v) is 8.64. The summed E-state index contributed by atoms with van der Waals surface area (Å²) in [6.45, 7) is 5.55. The second kappa shape index (κ2) is 8.82. The molecule has 2 aliphatic rings. The van der Waals surface area contributed by atoms with Crippen molar-refractivity contribution in [3.63, 3.8) is 0 Å². The SMILES string of the molecule is COc1ccc2c(c1)C(N1CCN(C(=O)c3ccccc3F)[C@H](C)C1)=Nc1ccc(C)cc1O2. The minimum absolute atomic E-state index is 0.0994. The number of amides is 1. The van der Waals surface area contributed by atoms with E-state index in [9.17, 15) is 9.18 Å². The smallest absolute Gasteiger partial charge is 0.257 e. The molecule has 2 heterocycles. The number of aryl methyl sites for hydroxylation is 1. The molecule has 7 heteroatoms. The summed E-state index contributed by atoms with van der Waals surface area (Å²) in [4.78, 5) is 21.9. The number of halogens is 1. The molecule has 5 rings (SSSR count). The van der Waals surface area contributed by atoms with Crippen molar-refractivity contribution < 1.29 is 18.7 Å². The zero-order chi connectivity index (χ0) is 23.8. The first-order valence-electron chi connectivity index (χ1n) is 11.3. The van der Waals surface area contributed by atoms with Crippen LogP contribution in [0.4, 0.5) is 10.1 Å². The van der Waals surface area contributed by atoms with E-state index >= 15 is 0 Å². The summed E-state index contributed by atoms with van der Waals surface area (Å²) in [7, 11) is 1.63. The average Bonchev–Trinajstić information content (AvgIpc) is 2.99. The van der Waals surface area contributed by atoms with Crippen molar-refractivity contribution in [2.24, 2.45) is 4.99 Å². The van der Waals surface area contributed by atoms with Crippen LogP contribution >= 0.6 is 0 Å². The van der Waals surface area contributed by atoms with Gasteiger partial charge in [0.25, 0.3) is 5.91 Å². The number of carbonyl (C=O) groups is 1. The molecular weight excluding hydrogens is 433 g/mol. The monoisotopic (exact) mass is 459 g/mol. The van der Waals surface area contributed by atoms with Gasteiger partial charge in [0.05, 0.1) is 18.2 Å². The van der Waals surface area contributed by atoms with Crippen LogP contribution in [0.3, 0.4) is 0 Å². The fourth-order valence-corrected chi connectivity index (χ4v) is 4.47. The zero-order valence-electron chi connectivity index (χ0n) is 19.4. The maximum atomic E-state index is 14.2. The van der Waals surface area contributed by atoms with Gasteiger partial charge in [0.15, 0.2) is 5.75 Å². The molecule has 0 aromatic heterocycles. The fourth-order valence-electron chi connectivity index (χ4n) is 4.47. The van der Waals surface area contributed by atoms with Crippen LogP contribution in [0.2, 0.25) is 0 Å². The quantitative estimate of drug-likeness (QED) is 0.530. The highest BCUT2D eigenvalue weighted by atomic mass is 19.1. The molecule has 174 valence electrons. The number of methoxy groups -OCH3 is 1. The van der Waals surface area contributed by atoms with Gasteiger partial charge in [0, 0.05) is 25.7 Å². The summed E-state index contributed by atoms with van der Waals surface area (Å²) in [5.74, 6) is 2.07. The Hall–Kier alpha value is -3.87. The normalized spacial score (nSPS) is 17.2. The number of piperazine rings is 1. The van der Waals surface area contributed by atoms with E-state index in [1.54, 1.807) is 24.1 Å². The van der Waals surface area contributed by atoms with Gasteiger partial charge < -0.3 is 19.3 Å². The van der Waals surface area contributed by atoms with Crippen molar-refractivity contribution in [1.29, 1.82) is 0 Å². The number of benzene rings is 3. The van der Waals surface area contributed by atoms with E-state index in [2.05, 4.69) is 4.90 Å². The summed E-state index contributed by atoms with van der Waals surface area (Å²) in [5, 5.41) is 0. The Morgan fingerprint density at radius 1 is 1.09 bits per heavy atom. The van der Waals surface area contributed by atoms with Crippen LogP contribution in [0.25, 0.3) is 0 Å². The van der Waals surface area contributed by atoms with Crippen LogP contribution in [0.1, 0.15) is 28.4 Å². The molecule has 0 spiro atoms. The van der Waals surface area contributed by atoms with Crippen molar-refractivity contribution in [3.05, 3.63) is 83.2 Å². The van der Waals surface area contributed by atoms with Crippen molar-refractivity contribution >= 4 is 17.4 Å². The van der Waals surface area contributed by atoms with Crippen LogP contribution < -0.4 is 9.47 Å². The molecule has 1 fully saturated rings. The van der Waals surface area contributed by atoms with Crippen LogP contribution in [0.5, 0.6) is 17.2 Å². The van der Waals surface area contributed by atoms with Crippen molar-refractivity contribution in [1.82, 2.24) is 9.80 Å². The number of amidine groups is 1. The Morgan fingerprint density at radius 2 is 1.91 bits per heavy atom. The van der Waals surface area contributed by atoms with Gasteiger partial charge in [-0.25, -0.2) is 9.38 Å². The molecule has 3 aromatic rings. The number of nitrogens with zero attached hydrogens (tertiary/aromatic N) is 3. The number of carbonyl (C=O) groups excluding carboxylic acids is 1. The van der Waals surface area contributed by atoms with E-state index in [1.165, 1.54) is 12.1 Å². The van der Waals surface area contributed by atoms with Gasteiger partial charge in [0.2, 0.25) is 0 Å². The molecule has 1 amide bonds. The lowest BCUT2D eigenvalue weighted by molar-refractivity contribution is 0.0576. The Bertz CT molecular complexity index is 1290. The van der Waals surface area contributed by atoms with E-state index < -0.39 is 5.82 Å². The molecule has 2 aliphatic heterocycles. The van der Waals surface area contributed by atoms with Gasteiger partial charge >= 0.3 is 0 Å². The van der Waals surface area contributed by atoms with Crippen molar-refractivity contribution in [2.45, 2.75) is 19.9 Å². The molecule has 1 saturated heterocycles. The first-order valence-corrected chi connectivity index (χ1v) is 11.3. The van der Waals surface area contributed by atoms with Gasteiger partial charge in [-0.1, -0.05) is 18.2 Å². The molecule has 0 unspecified atom stereocenters. The van der Waals surface area contributed by atoms with Crippen molar-refractivity contribution in [2.75, 3.05) is 26.7 Å². The highest BCUT2D eigenvalue weighted by Crippen LogP contribution is 2.40.